The van der Waals surface area contributed by atoms with E-state index in [-0.39, 0.29) is 19.5 Å². The van der Waals surface area contributed by atoms with Crippen LogP contribution in [0.3, 0.4) is 0 Å². The number of hydrogen-bond donors (Lipinski definition) is 0. The molecule has 0 aromatic rings. The van der Waals surface area contributed by atoms with Gasteiger partial charge in [-0.05, 0) is 13.1 Å². The second kappa shape index (κ2) is 7.03. The third kappa shape index (κ3) is 6.14. The Morgan fingerprint density at radius 3 is 1.83 bits per heavy atom. The smallest absolute Gasteiger partial charge is 0 e. The summed E-state index contributed by atoms with van der Waals surface area (Å²) in [7, 11) is 2.17. The zero-order valence-electron chi connectivity index (χ0n) is 9.14. The van der Waals surface area contributed by atoms with Crippen LogP contribution in [0.5, 0.6) is 0 Å². The Bertz CT molecular complexity index is 102. The summed E-state index contributed by atoms with van der Waals surface area (Å²) >= 11 is 0. The van der Waals surface area contributed by atoms with Crippen LogP contribution < -0.4 is 0 Å². The fraction of sp³-hybridized carbons (Fsp3) is 0.900. The first-order valence-electron chi connectivity index (χ1n) is 4.50. The van der Waals surface area contributed by atoms with E-state index in [2.05, 4.69) is 46.6 Å². The molecule has 0 atom stereocenters. The molecule has 0 amide bonds. The van der Waals surface area contributed by atoms with Crippen molar-refractivity contribution < 1.29 is 19.5 Å². The van der Waals surface area contributed by atoms with Crippen molar-refractivity contribution in [1.29, 1.82) is 0 Å². The van der Waals surface area contributed by atoms with Gasteiger partial charge in [-0.3, -0.25) is 6.04 Å². The molecule has 0 heterocycles. The van der Waals surface area contributed by atoms with Gasteiger partial charge in [0.1, 0.15) is 0 Å². The van der Waals surface area contributed by atoms with E-state index in [1.165, 1.54) is 12.5 Å². The molecule has 0 aromatic heterocycles. The predicted molar refractivity (Wildman–Crippen MR) is 51.3 cm³/mol. The molecule has 0 aliphatic heterocycles. The van der Waals surface area contributed by atoms with Crippen molar-refractivity contribution in [1.82, 2.24) is 4.90 Å². The van der Waals surface area contributed by atoms with Gasteiger partial charge in [0.2, 0.25) is 0 Å². The largest absolute Gasteiger partial charge is 0.454 e. The van der Waals surface area contributed by atoms with Crippen LogP contribution in [0.1, 0.15) is 41.0 Å². The molecule has 2 heteroatoms. The fourth-order valence-corrected chi connectivity index (χ4v) is 1.18. The third-order valence-electron chi connectivity index (χ3n) is 2.08. The minimum atomic E-state index is 0. The second-order valence-corrected chi connectivity index (χ2v) is 4.04. The maximum atomic E-state index is 2.35. The molecule has 1 nitrogen and oxygen atoms in total. The van der Waals surface area contributed by atoms with Crippen molar-refractivity contribution in [2.45, 2.75) is 47.1 Å². The summed E-state index contributed by atoms with van der Waals surface area (Å²) < 4.78 is 0. The predicted octanol–water partition coefficient (Wildman–Crippen LogP) is 2.92. The Morgan fingerprint density at radius 1 is 1.17 bits per heavy atom. The van der Waals surface area contributed by atoms with Gasteiger partial charge in [-0.2, -0.15) is 13.3 Å². The molecule has 0 spiro atoms. The molecule has 0 bridgehead atoms. The second-order valence-electron chi connectivity index (χ2n) is 4.04. The zero-order valence-corrected chi connectivity index (χ0v) is 10.8. The molecule has 1 radical (unpaired) electrons. The Hall–Kier alpha value is 0.583. The van der Waals surface area contributed by atoms with Crippen molar-refractivity contribution in [3.8, 4) is 0 Å². The van der Waals surface area contributed by atoms with Gasteiger partial charge in [0.25, 0.3) is 0 Å². The fourth-order valence-electron chi connectivity index (χ4n) is 1.18. The SMILES string of the molecule is C[C-](CC(C)C)N(C)C(C)C.[Rh]. The van der Waals surface area contributed by atoms with Crippen LogP contribution in [0.2, 0.25) is 0 Å². The average Bonchev–Trinajstić information content (AvgIpc) is 1.84. The molecule has 0 aromatic carbocycles. The van der Waals surface area contributed by atoms with Crippen molar-refractivity contribution in [3.05, 3.63) is 6.04 Å². The van der Waals surface area contributed by atoms with Crippen LogP contribution in [0.15, 0.2) is 0 Å². The first-order chi connectivity index (χ1) is 4.95. The molecular weight excluding hydrogens is 237 g/mol. The standard InChI is InChI=1S/C10H22N.Rh/c1-8(2)7-10(5)11(6)9(3)4;/h8-9H,7H2,1-6H3;/q-1;. The molecule has 0 fully saturated rings. The van der Waals surface area contributed by atoms with Gasteiger partial charge in [0.15, 0.2) is 0 Å². The zero-order chi connectivity index (χ0) is 9.02. The van der Waals surface area contributed by atoms with Gasteiger partial charge in [-0.25, -0.2) is 0 Å². The summed E-state index contributed by atoms with van der Waals surface area (Å²) in [4.78, 5) is 2.35. The summed E-state index contributed by atoms with van der Waals surface area (Å²) in [6.45, 7) is 11.2. The van der Waals surface area contributed by atoms with Crippen molar-refractivity contribution >= 4 is 0 Å². The van der Waals surface area contributed by atoms with E-state index in [1.54, 1.807) is 0 Å². The van der Waals surface area contributed by atoms with Gasteiger partial charge in [0.05, 0.1) is 0 Å². The van der Waals surface area contributed by atoms with Gasteiger partial charge >= 0.3 is 0 Å². The first kappa shape index (κ1) is 15.1. The van der Waals surface area contributed by atoms with Crippen molar-refractivity contribution in [3.63, 3.8) is 0 Å². The molecule has 0 unspecified atom stereocenters. The van der Waals surface area contributed by atoms with Crippen LogP contribution in [-0.4, -0.2) is 18.0 Å². The molecular formula is C10H22NRh-. The van der Waals surface area contributed by atoms with E-state index in [0.717, 1.165) is 5.92 Å². The van der Waals surface area contributed by atoms with Crippen LogP contribution in [0.25, 0.3) is 0 Å². The molecule has 0 aliphatic carbocycles. The molecule has 77 valence electrons. The van der Waals surface area contributed by atoms with Gasteiger partial charge < -0.3 is 4.90 Å². The molecule has 0 N–H and O–H groups in total. The maximum absolute atomic E-state index is 2.35. The van der Waals surface area contributed by atoms with Crippen LogP contribution in [-0.2, 0) is 19.5 Å². The molecule has 0 saturated heterocycles. The number of hydrogen-bond acceptors (Lipinski definition) is 1. The van der Waals surface area contributed by atoms with E-state index in [0.29, 0.717) is 6.04 Å². The van der Waals surface area contributed by atoms with Crippen molar-refractivity contribution in [2.24, 2.45) is 5.92 Å². The molecule has 0 aliphatic rings. The van der Waals surface area contributed by atoms with E-state index in [4.69, 9.17) is 0 Å². The Labute approximate surface area is 90.7 Å². The maximum Gasteiger partial charge on any atom is 0 e. The average molecular weight is 259 g/mol. The van der Waals surface area contributed by atoms with Crippen LogP contribution >= 0.6 is 0 Å². The third-order valence-corrected chi connectivity index (χ3v) is 2.08. The van der Waals surface area contributed by atoms with E-state index >= 15 is 0 Å². The summed E-state index contributed by atoms with van der Waals surface area (Å²) in [5, 5.41) is 0. The first-order valence-corrected chi connectivity index (χ1v) is 4.50. The minimum Gasteiger partial charge on any atom is -0.454 e. The number of rotatable bonds is 4. The number of nitrogens with zero attached hydrogens (tertiary/aromatic N) is 1. The Balaban J connectivity index is 0. The van der Waals surface area contributed by atoms with Crippen molar-refractivity contribution in [2.75, 3.05) is 7.05 Å². The van der Waals surface area contributed by atoms with E-state index < -0.39 is 0 Å². The van der Waals surface area contributed by atoms with Gasteiger partial charge in [-0.1, -0.05) is 33.6 Å². The molecule has 0 rings (SSSR count). The van der Waals surface area contributed by atoms with Gasteiger partial charge in [-0.15, -0.1) is 0 Å². The summed E-state index contributed by atoms with van der Waals surface area (Å²) in [5.41, 5.74) is 0. The Kier molecular flexibility index (Phi) is 8.83. The molecule has 0 saturated carbocycles. The summed E-state index contributed by atoms with van der Waals surface area (Å²) in [6, 6.07) is 2.13. The summed E-state index contributed by atoms with van der Waals surface area (Å²) in [6.07, 6.45) is 1.22. The normalized spacial score (nSPS) is 11.5. The quantitative estimate of drug-likeness (QED) is 0.554. The topological polar surface area (TPSA) is 3.24 Å². The molecule has 12 heavy (non-hydrogen) atoms. The minimum absolute atomic E-state index is 0. The van der Waals surface area contributed by atoms with E-state index in [1.807, 2.05) is 0 Å². The van der Waals surface area contributed by atoms with Crippen LogP contribution in [0.4, 0.5) is 0 Å². The van der Waals surface area contributed by atoms with E-state index in [9.17, 15) is 0 Å². The monoisotopic (exact) mass is 259 g/mol. The van der Waals surface area contributed by atoms with Crippen LogP contribution in [0, 0.1) is 12.0 Å². The van der Waals surface area contributed by atoms with Gasteiger partial charge in [0, 0.05) is 19.5 Å². The Morgan fingerprint density at radius 2 is 1.58 bits per heavy atom. The summed E-state index contributed by atoms with van der Waals surface area (Å²) in [5.74, 6) is 0.774.